The molecule has 1 fully saturated rings. The normalized spacial score (nSPS) is 27.6. The molecule has 0 bridgehead atoms. The van der Waals surface area contributed by atoms with Gasteiger partial charge in [-0.15, -0.1) is 0 Å². The summed E-state index contributed by atoms with van der Waals surface area (Å²) >= 11 is 3.17. The second kappa shape index (κ2) is 3.82. The maximum atomic E-state index is 13.7. The molecule has 1 aliphatic heterocycles. The van der Waals surface area contributed by atoms with Crippen molar-refractivity contribution >= 4 is 21.9 Å². The summed E-state index contributed by atoms with van der Waals surface area (Å²) in [4.78, 5) is 11.3. The zero-order chi connectivity index (χ0) is 11.9. The van der Waals surface area contributed by atoms with Gasteiger partial charge in [-0.1, -0.05) is 22.0 Å². The lowest BCUT2D eigenvalue weighted by atomic mass is 9.97. The van der Waals surface area contributed by atoms with Gasteiger partial charge in [0.1, 0.15) is 11.4 Å². The van der Waals surface area contributed by atoms with Crippen LogP contribution in [-0.4, -0.2) is 19.2 Å². The Bertz CT molecular complexity index is 449. The van der Waals surface area contributed by atoms with Crippen molar-refractivity contribution in [2.24, 2.45) is 0 Å². The molecule has 86 valence electrons. The van der Waals surface area contributed by atoms with Gasteiger partial charge in [-0.25, -0.2) is 9.18 Å². The van der Waals surface area contributed by atoms with Crippen LogP contribution in [0.25, 0.3) is 0 Å². The van der Waals surface area contributed by atoms with Gasteiger partial charge in [0.15, 0.2) is 6.10 Å². The van der Waals surface area contributed by atoms with Crippen LogP contribution in [0.4, 0.5) is 4.39 Å². The van der Waals surface area contributed by atoms with Gasteiger partial charge in [0.25, 0.3) is 0 Å². The number of esters is 1. The number of hydrogen-bond acceptors (Lipinski definition) is 3. The van der Waals surface area contributed by atoms with Crippen LogP contribution in [0.5, 0.6) is 0 Å². The number of hydrogen-bond donors (Lipinski definition) is 0. The van der Waals surface area contributed by atoms with Gasteiger partial charge in [0.05, 0.1) is 7.11 Å². The monoisotopic (exact) mass is 288 g/mol. The van der Waals surface area contributed by atoms with E-state index in [0.29, 0.717) is 10.0 Å². The van der Waals surface area contributed by atoms with E-state index in [1.54, 1.807) is 19.1 Å². The van der Waals surface area contributed by atoms with Crippen LogP contribution >= 0.6 is 15.9 Å². The summed E-state index contributed by atoms with van der Waals surface area (Å²) in [5.74, 6) is -0.881. The van der Waals surface area contributed by atoms with Gasteiger partial charge in [-0.3, -0.25) is 0 Å². The molecule has 0 amide bonds. The smallest absolute Gasteiger partial charge is 0.338 e. The third kappa shape index (κ3) is 1.74. The van der Waals surface area contributed by atoms with E-state index in [1.165, 1.54) is 13.2 Å². The van der Waals surface area contributed by atoms with E-state index < -0.39 is 23.5 Å². The number of carbonyl (C=O) groups is 1. The molecule has 16 heavy (non-hydrogen) atoms. The molecule has 0 radical (unpaired) electrons. The number of carbonyl (C=O) groups excluding carboxylic acids is 1. The fraction of sp³-hybridized carbons (Fsp3) is 0.364. The molecule has 5 heteroatoms. The molecule has 1 aliphatic rings. The molecule has 1 aromatic carbocycles. The molecule has 0 spiro atoms. The zero-order valence-electron chi connectivity index (χ0n) is 8.79. The van der Waals surface area contributed by atoms with E-state index in [4.69, 9.17) is 4.74 Å². The number of epoxide rings is 1. The van der Waals surface area contributed by atoms with E-state index in [0.717, 1.165) is 0 Å². The lowest BCUT2D eigenvalue weighted by Gasteiger charge is -2.08. The quantitative estimate of drug-likeness (QED) is 0.620. The van der Waals surface area contributed by atoms with Crippen LogP contribution in [0.15, 0.2) is 22.7 Å². The summed E-state index contributed by atoms with van der Waals surface area (Å²) in [7, 11) is 1.28. The van der Waals surface area contributed by atoms with E-state index >= 15 is 0 Å². The summed E-state index contributed by atoms with van der Waals surface area (Å²) < 4.78 is 24.1. The fourth-order valence-corrected chi connectivity index (χ4v) is 2.02. The van der Waals surface area contributed by atoms with Gasteiger partial charge in [-0.2, -0.15) is 0 Å². The van der Waals surface area contributed by atoms with E-state index in [-0.39, 0.29) is 0 Å². The topological polar surface area (TPSA) is 38.8 Å². The van der Waals surface area contributed by atoms with Gasteiger partial charge in [0.2, 0.25) is 0 Å². The summed E-state index contributed by atoms with van der Waals surface area (Å²) in [5.41, 5.74) is -0.538. The van der Waals surface area contributed by atoms with Crippen LogP contribution in [0.2, 0.25) is 0 Å². The lowest BCUT2D eigenvalue weighted by molar-refractivity contribution is -0.142. The highest BCUT2D eigenvalue weighted by Gasteiger charge is 2.60. The Morgan fingerprint density at radius 3 is 2.88 bits per heavy atom. The SMILES string of the molecule is COC(=O)C1OC1(C)c1ccc(Br)cc1F. The molecule has 1 aromatic rings. The van der Waals surface area contributed by atoms with Crippen LogP contribution in [0.3, 0.4) is 0 Å². The molecule has 2 atom stereocenters. The third-order valence-electron chi connectivity index (χ3n) is 2.69. The number of methoxy groups -OCH3 is 1. The maximum absolute atomic E-state index is 13.7. The van der Waals surface area contributed by atoms with Crippen molar-refractivity contribution < 1.29 is 18.7 Å². The largest absolute Gasteiger partial charge is 0.467 e. The molecule has 2 rings (SSSR count). The predicted octanol–water partition coefficient (Wildman–Crippen LogP) is 2.38. The van der Waals surface area contributed by atoms with Crippen molar-refractivity contribution in [3.63, 3.8) is 0 Å². The van der Waals surface area contributed by atoms with Gasteiger partial charge >= 0.3 is 5.97 Å². The Balaban J connectivity index is 2.30. The standard InChI is InChI=1S/C11H10BrFO3/c1-11(9(16-11)10(14)15-2)7-4-3-6(12)5-8(7)13/h3-5,9H,1-2H3. The van der Waals surface area contributed by atoms with Gasteiger partial charge in [-0.05, 0) is 19.1 Å². The highest BCUT2D eigenvalue weighted by Crippen LogP contribution is 2.47. The first-order valence-electron chi connectivity index (χ1n) is 4.70. The minimum atomic E-state index is -0.905. The predicted molar refractivity (Wildman–Crippen MR) is 58.3 cm³/mol. The van der Waals surface area contributed by atoms with Crippen molar-refractivity contribution in [2.45, 2.75) is 18.6 Å². The first-order chi connectivity index (χ1) is 7.49. The van der Waals surface area contributed by atoms with Crippen molar-refractivity contribution in [1.29, 1.82) is 0 Å². The highest BCUT2D eigenvalue weighted by molar-refractivity contribution is 9.10. The van der Waals surface area contributed by atoms with Crippen molar-refractivity contribution in [1.82, 2.24) is 0 Å². The van der Waals surface area contributed by atoms with Crippen molar-refractivity contribution in [3.05, 3.63) is 34.1 Å². The highest BCUT2D eigenvalue weighted by atomic mass is 79.9. The Hall–Kier alpha value is -0.940. The molecule has 0 aliphatic carbocycles. The molecule has 3 nitrogen and oxygen atoms in total. The first kappa shape index (κ1) is 11.5. The van der Waals surface area contributed by atoms with Crippen LogP contribution in [-0.2, 0) is 19.9 Å². The van der Waals surface area contributed by atoms with Crippen LogP contribution < -0.4 is 0 Å². The Labute approximate surface area is 101 Å². The molecular weight excluding hydrogens is 279 g/mol. The average molecular weight is 289 g/mol. The van der Waals surface area contributed by atoms with Crippen molar-refractivity contribution in [2.75, 3.05) is 7.11 Å². The first-order valence-corrected chi connectivity index (χ1v) is 5.49. The van der Waals surface area contributed by atoms with E-state index in [9.17, 15) is 9.18 Å². The number of halogens is 2. The maximum Gasteiger partial charge on any atom is 0.338 e. The summed E-state index contributed by atoms with van der Waals surface area (Å²) in [6.45, 7) is 1.67. The summed E-state index contributed by atoms with van der Waals surface area (Å²) in [5, 5.41) is 0. The number of rotatable bonds is 2. The molecule has 0 N–H and O–H groups in total. The van der Waals surface area contributed by atoms with E-state index in [1.807, 2.05) is 0 Å². The van der Waals surface area contributed by atoms with Gasteiger partial charge < -0.3 is 9.47 Å². The van der Waals surface area contributed by atoms with Crippen LogP contribution in [0, 0.1) is 5.82 Å². The van der Waals surface area contributed by atoms with E-state index in [2.05, 4.69) is 20.7 Å². The van der Waals surface area contributed by atoms with Crippen molar-refractivity contribution in [3.8, 4) is 0 Å². The summed E-state index contributed by atoms with van der Waals surface area (Å²) in [6.07, 6.45) is -0.715. The molecule has 1 heterocycles. The molecule has 1 saturated heterocycles. The molecular formula is C11H10BrFO3. The minimum absolute atomic E-state index is 0.367. The molecule has 0 aromatic heterocycles. The average Bonchev–Trinajstić information content (AvgIpc) is 2.90. The lowest BCUT2D eigenvalue weighted by Crippen LogP contribution is -2.18. The minimum Gasteiger partial charge on any atom is -0.467 e. The zero-order valence-corrected chi connectivity index (χ0v) is 10.4. The number of ether oxygens (including phenoxy) is 2. The Kier molecular flexibility index (Phi) is 2.75. The fourth-order valence-electron chi connectivity index (χ4n) is 1.69. The second-order valence-electron chi connectivity index (χ2n) is 3.75. The third-order valence-corrected chi connectivity index (χ3v) is 3.18. The Morgan fingerprint density at radius 1 is 1.62 bits per heavy atom. The summed E-state index contributed by atoms with van der Waals surface area (Å²) in [6, 6.07) is 4.65. The van der Waals surface area contributed by atoms with Crippen LogP contribution in [0.1, 0.15) is 12.5 Å². The van der Waals surface area contributed by atoms with Gasteiger partial charge in [0, 0.05) is 10.0 Å². The Morgan fingerprint density at radius 2 is 2.31 bits per heavy atom. The second-order valence-corrected chi connectivity index (χ2v) is 4.67. The molecule has 2 unspecified atom stereocenters. The molecule has 0 saturated carbocycles. The number of benzene rings is 1.